The third-order valence-corrected chi connectivity index (χ3v) is 8.29. The monoisotopic (exact) mass is 554 g/mol. The van der Waals surface area contributed by atoms with Crippen molar-refractivity contribution in [1.29, 1.82) is 0 Å². The summed E-state index contributed by atoms with van der Waals surface area (Å²) >= 11 is 0. The number of carbonyl (C=O) groups is 2. The smallest absolute Gasteiger partial charge is 0.319 e. The molecule has 41 heavy (non-hydrogen) atoms. The number of pyridine rings is 1. The number of amides is 3. The lowest BCUT2D eigenvalue weighted by molar-refractivity contribution is 0.0955. The van der Waals surface area contributed by atoms with E-state index in [0.29, 0.717) is 18.0 Å². The van der Waals surface area contributed by atoms with Crippen molar-refractivity contribution in [2.24, 2.45) is 5.92 Å². The number of nitrogens with zero attached hydrogens (tertiary/aromatic N) is 1. The fourth-order valence-electron chi connectivity index (χ4n) is 6.25. The second kappa shape index (κ2) is 14.3. The van der Waals surface area contributed by atoms with Gasteiger partial charge in [-0.25, -0.2) is 4.79 Å². The zero-order valence-corrected chi connectivity index (χ0v) is 25.2. The normalized spacial score (nSPS) is 15.4. The molecule has 3 amide bonds. The molecular formula is C35H46N4O2. The standard InChI is InChI=1S/C35H46N4O2/c1-6-36-34(40)27-17-12-16-26(22-27)32(31(25-14-8-7-9-15-25)30-20-10-11-21-37-30)38-35(41)39-33-28(23(2)3)18-13-19-29(33)24(4)5/h10-13,16-25,31-32H,6-9,14-15H2,1-5H3,(H,36,40)(H2,38,39,41). The lowest BCUT2D eigenvalue weighted by Gasteiger charge is -2.36. The molecule has 3 aromatic rings. The maximum absolute atomic E-state index is 14.0. The Morgan fingerprint density at radius 3 is 2.17 bits per heavy atom. The van der Waals surface area contributed by atoms with Gasteiger partial charge in [-0.15, -0.1) is 0 Å². The summed E-state index contributed by atoms with van der Waals surface area (Å²) < 4.78 is 0. The average Bonchev–Trinajstić information content (AvgIpc) is 2.98. The van der Waals surface area contributed by atoms with Gasteiger partial charge in [-0.3, -0.25) is 9.78 Å². The largest absolute Gasteiger partial charge is 0.352 e. The van der Waals surface area contributed by atoms with Crippen LogP contribution in [0.15, 0.2) is 66.9 Å². The first-order chi connectivity index (χ1) is 19.8. The molecule has 6 nitrogen and oxygen atoms in total. The van der Waals surface area contributed by atoms with Crippen LogP contribution in [0, 0.1) is 5.92 Å². The zero-order chi connectivity index (χ0) is 29.4. The molecule has 2 aromatic carbocycles. The summed E-state index contributed by atoms with van der Waals surface area (Å²) in [6.07, 6.45) is 7.59. The van der Waals surface area contributed by atoms with E-state index in [-0.39, 0.29) is 35.7 Å². The Balaban J connectivity index is 1.77. The van der Waals surface area contributed by atoms with E-state index in [9.17, 15) is 9.59 Å². The number of nitrogens with one attached hydrogen (secondary N) is 3. The van der Waals surface area contributed by atoms with Gasteiger partial charge in [-0.2, -0.15) is 0 Å². The SMILES string of the molecule is CCNC(=O)c1cccc(C(NC(=O)Nc2c(C(C)C)cccc2C(C)C)C(c2ccccn2)C2CCCCC2)c1. The molecule has 2 atom stereocenters. The summed E-state index contributed by atoms with van der Waals surface area (Å²) in [6, 6.07) is 19.4. The molecule has 1 fully saturated rings. The highest BCUT2D eigenvalue weighted by Gasteiger charge is 2.35. The Kier molecular flexibility index (Phi) is 10.6. The highest BCUT2D eigenvalue weighted by molar-refractivity contribution is 5.94. The lowest BCUT2D eigenvalue weighted by atomic mass is 9.73. The molecule has 6 heteroatoms. The maximum atomic E-state index is 14.0. The Morgan fingerprint density at radius 2 is 1.56 bits per heavy atom. The molecule has 1 saturated carbocycles. The van der Waals surface area contributed by atoms with E-state index >= 15 is 0 Å². The molecule has 0 aliphatic heterocycles. The van der Waals surface area contributed by atoms with Crippen molar-refractivity contribution in [2.45, 2.75) is 90.5 Å². The molecule has 1 heterocycles. The second-order valence-corrected chi connectivity index (χ2v) is 11.9. The minimum absolute atomic E-state index is 0.0309. The van der Waals surface area contributed by atoms with E-state index in [1.807, 2.05) is 49.5 Å². The number of rotatable bonds is 10. The number of anilines is 1. The number of urea groups is 1. The third-order valence-electron chi connectivity index (χ3n) is 8.29. The quantitative estimate of drug-likeness (QED) is 0.236. The molecular weight excluding hydrogens is 508 g/mol. The van der Waals surface area contributed by atoms with E-state index < -0.39 is 0 Å². The van der Waals surface area contributed by atoms with Crippen LogP contribution in [-0.4, -0.2) is 23.5 Å². The van der Waals surface area contributed by atoms with Crippen LogP contribution in [0.5, 0.6) is 0 Å². The molecule has 1 aromatic heterocycles. The highest BCUT2D eigenvalue weighted by Crippen LogP contribution is 2.43. The molecule has 1 aliphatic carbocycles. The molecule has 0 saturated heterocycles. The summed E-state index contributed by atoms with van der Waals surface area (Å²) in [5.74, 6) is 0.745. The molecule has 218 valence electrons. The summed E-state index contributed by atoms with van der Waals surface area (Å²) in [5, 5.41) is 9.55. The number of carbonyl (C=O) groups excluding carboxylic acids is 2. The van der Waals surface area contributed by atoms with Crippen molar-refractivity contribution in [3.8, 4) is 0 Å². The fraction of sp³-hybridized carbons (Fsp3) is 0.457. The minimum atomic E-state index is -0.365. The number of hydrogen-bond acceptors (Lipinski definition) is 3. The molecule has 3 N–H and O–H groups in total. The number of hydrogen-bond donors (Lipinski definition) is 3. The van der Waals surface area contributed by atoms with Gasteiger partial charge in [-0.05, 0) is 78.5 Å². The van der Waals surface area contributed by atoms with Crippen molar-refractivity contribution in [3.05, 3.63) is 94.8 Å². The summed E-state index contributed by atoms with van der Waals surface area (Å²) in [7, 11) is 0. The van der Waals surface area contributed by atoms with Crippen LogP contribution in [0.25, 0.3) is 0 Å². The van der Waals surface area contributed by atoms with Crippen LogP contribution in [0.4, 0.5) is 10.5 Å². The Labute approximate surface area is 245 Å². The van der Waals surface area contributed by atoms with Crippen molar-refractivity contribution in [1.82, 2.24) is 15.6 Å². The molecule has 0 spiro atoms. The van der Waals surface area contributed by atoms with Crippen LogP contribution in [0.1, 0.15) is 123 Å². The van der Waals surface area contributed by atoms with E-state index in [1.165, 1.54) is 19.3 Å². The lowest BCUT2D eigenvalue weighted by Crippen LogP contribution is -2.39. The van der Waals surface area contributed by atoms with Gasteiger partial charge in [0.15, 0.2) is 0 Å². The Morgan fingerprint density at radius 1 is 0.878 bits per heavy atom. The molecule has 0 radical (unpaired) electrons. The Hall–Kier alpha value is -3.67. The summed E-state index contributed by atoms with van der Waals surface area (Å²) in [4.78, 5) is 31.6. The van der Waals surface area contributed by atoms with Gasteiger partial charge in [-0.1, -0.05) is 83.4 Å². The summed E-state index contributed by atoms with van der Waals surface area (Å²) in [5.41, 5.74) is 5.60. The predicted molar refractivity (Wildman–Crippen MR) is 168 cm³/mol. The topological polar surface area (TPSA) is 83.1 Å². The van der Waals surface area contributed by atoms with E-state index in [2.05, 4.69) is 67.9 Å². The zero-order valence-electron chi connectivity index (χ0n) is 25.2. The molecule has 1 aliphatic rings. The maximum Gasteiger partial charge on any atom is 0.319 e. The van der Waals surface area contributed by atoms with Crippen LogP contribution >= 0.6 is 0 Å². The second-order valence-electron chi connectivity index (χ2n) is 11.9. The highest BCUT2D eigenvalue weighted by atomic mass is 16.2. The van der Waals surface area contributed by atoms with Crippen molar-refractivity contribution in [3.63, 3.8) is 0 Å². The van der Waals surface area contributed by atoms with Crippen LogP contribution in [0.2, 0.25) is 0 Å². The van der Waals surface area contributed by atoms with E-state index in [4.69, 9.17) is 4.98 Å². The van der Waals surface area contributed by atoms with Gasteiger partial charge in [0.2, 0.25) is 0 Å². The van der Waals surface area contributed by atoms with E-state index in [0.717, 1.165) is 40.9 Å². The molecule has 2 unspecified atom stereocenters. The Bertz CT molecular complexity index is 1270. The first-order valence-electron chi connectivity index (χ1n) is 15.3. The van der Waals surface area contributed by atoms with Gasteiger partial charge < -0.3 is 16.0 Å². The molecule has 4 rings (SSSR count). The van der Waals surface area contributed by atoms with Gasteiger partial charge in [0.1, 0.15) is 0 Å². The predicted octanol–water partition coefficient (Wildman–Crippen LogP) is 8.31. The van der Waals surface area contributed by atoms with Crippen LogP contribution in [-0.2, 0) is 0 Å². The van der Waals surface area contributed by atoms with Crippen LogP contribution < -0.4 is 16.0 Å². The third kappa shape index (κ3) is 7.55. The summed E-state index contributed by atoms with van der Waals surface area (Å²) in [6.45, 7) is 11.1. The van der Waals surface area contributed by atoms with Crippen molar-refractivity contribution in [2.75, 3.05) is 11.9 Å². The van der Waals surface area contributed by atoms with Gasteiger partial charge in [0.05, 0.1) is 6.04 Å². The number of benzene rings is 2. The minimum Gasteiger partial charge on any atom is -0.352 e. The fourth-order valence-corrected chi connectivity index (χ4v) is 6.25. The van der Waals surface area contributed by atoms with Crippen molar-refractivity contribution >= 4 is 17.6 Å². The van der Waals surface area contributed by atoms with Gasteiger partial charge >= 0.3 is 6.03 Å². The number of aromatic nitrogens is 1. The average molecular weight is 555 g/mol. The van der Waals surface area contributed by atoms with Crippen molar-refractivity contribution < 1.29 is 9.59 Å². The first kappa shape index (κ1) is 30.3. The van der Waals surface area contributed by atoms with E-state index in [1.54, 1.807) is 0 Å². The van der Waals surface area contributed by atoms with Gasteiger partial charge in [0.25, 0.3) is 5.91 Å². The first-order valence-corrected chi connectivity index (χ1v) is 15.3. The van der Waals surface area contributed by atoms with Crippen LogP contribution in [0.3, 0.4) is 0 Å². The van der Waals surface area contributed by atoms with Gasteiger partial charge in [0, 0.05) is 35.6 Å². The molecule has 0 bridgehead atoms. The number of para-hydroxylation sites is 1.